The van der Waals surface area contributed by atoms with Gasteiger partial charge < -0.3 is 96.1 Å². The highest BCUT2D eigenvalue weighted by atomic mass is 16.4. The summed E-state index contributed by atoms with van der Waals surface area (Å²) in [6.07, 6.45) is -1.13. The Bertz CT molecular complexity index is 2520. The first-order valence-electron chi connectivity index (χ1n) is 28.7. The largest absolute Gasteiger partial charge is 0.508 e. The van der Waals surface area contributed by atoms with Gasteiger partial charge in [-0.25, -0.2) is 4.79 Å². The molecule has 482 valence electrons. The average Bonchev–Trinajstić information content (AvgIpc) is 3.71. The number of rotatable bonds is 38. The Hall–Kier alpha value is -8.03. The van der Waals surface area contributed by atoms with Crippen LogP contribution in [0.15, 0.2) is 24.3 Å². The molecule has 2 rings (SSSR count). The number of carbonyl (C=O) groups is 13. The van der Waals surface area contributed by atoms with Gasteiger partial charge in [-0.2, -0.15) is 0 Å². The number of hydrogen-bond acceptors (Lipinski definition) is 18. The van der Waals surface area contributed by atoms with Gasteiger partial charge in [0.2, 0.25) is 70.9 Å². The summed E-state index contributed by atoms with van der Waals surface area (Å²) in [7, 11) is 0. The molecule has 0 radical (unpaired) electrons. The van der Waals surface area contributed by atoms with Crippen LogP contribution in [0.4, 0.5) is 0 Å². The molecule has 31 nitrogen and oxygen atoms in total. The Morgan fingerprint density at radius 2 is 1.22 bits per heavy atom. The number of aliphatic hydroxyl groups excluding tert-OH is 2. The summed E-state index contributed by atoms with van der Waals surface area (Å²) >= 11 is 0. The van der Waals surface area contributed by atoms with Crippen molar-refractivity contribution in [3.05, 3.63) is 29.8 Å². The number of phenolic OH excluding ortho intramolecular Hbond substituents is 1. The molecule has 1 aromatic carbocycles. The van der Waals surface area contributed by atoms with Crippen LogP contribution in [0.25, 0.3) is 0 Å². The monoisotopic (exact) mass is 1220 g/mol. The van der Waals surface area contributed by atoms with Crippen LogP contribution in [0.2, 0.25) is 0 Å². The number of nitrogens with two attached hydrogens (primary N) is 4. The third kappa shape index (κ3) is 24.9. The Balaban J connectivity index is 2.27. The topological polar surface area (TPSA) is 518 Å². The zero-order valence-corrected chi connectivity index (χ0v) is 49.9. The van der Waals surface area contributed by atoms with Crippen LogP contribution in [0.1, 0.15) is 118 Å². The van der Waals surface area contributed by atoms with Crippen molar-refractivity contribution in [2.24, 2.45) is 40.7 Å². The summed E-state index contributed by atoms with van der Waals surface area (Å²) in [5, 5.41) is 61.4. The van der Waals surface area contributed by atoms with Crippen molar-refractivity contribution < 1.29 is 82.8 Å². The Labute approximate surface area is 499 Å². The quantitative estimate of drug-likeness (QED) is 0.0275. The van der Waals surface area contributed by atoms with Gasteiger partial charge in [-0.15, -0.1) is 0 Å². The Kier molecular flexibility index (Phi) is 31.6. The molecule has 0 unspecified atom stereocenters. The van der Waals surface area contributed by atoms with E-state index in [1.54, 1.807) is 39.8 Å². The molecule has 12 amide bonds. The fourth-order valence-corrected chi connectivity index (χ4v) is 9.06. The predicted octanol–water partition coefficient (Wildman–Crippen LogP) is -5.28. The number of carboxylic acid groups (broad SMARTS) is 1. The summed E-state index contributed by atoms with van der Waals surface area (Å²) in [5.41, 5.74) is 23.2. The normalized spacial score (nSPS) is 16.8. The van der Waals surface area contributed by atoms with Crippen molar-refractivity contribution in [2.45, 2.75) is 186 Å². The summed E-state index contributed by atoms with van der Waals surface area (Å²) in [6.45, 7) is 9.36. The van der Waals surface area contributed by atoms with Crippen LogP contribution < -0.4 is 70.8 Å². The summed E-state index contributed by atoms with van der Waals surface area (Å²) < 4.78 is 0. The van der Waals surface area contributed by atoms with E-state index in [9.17, 15) is 82.8 Å². The van der Waals surface area contributed by atoms with Gasteiger partial charge in [-0.3, -0.25) is 57.5 Å². The fourth-order valence-electron chi connectivity index (χ4n) is 9.06. The van der Waals surface area contributed by atoms with E-state index in [1.807, 2.05) is 0 Å². The SMILES string of the molecule is CC[C@H](C)[C@H](NC(=O)[C@H](CO)NC(=O)[C@@H](NC(=O)[C@H](CC(C)C)NC(=O)CNC(=O)[C@H](CC(N)=O)NC(=O)[C@@H](NC(=O)[C@H](CCC(N)=O)NC(=O)[C@@H]1CCCN1C(=O)[C@H](Cc1ccc(O)cc1)NC(=O)[C@@H](N)CCCCN)C(C)C)[C@@H](C)O)C(=O)O. The number of nitrogens with zero attached hydrogens (tertiary/aromatic N) is 1. The highest BCUT2D eigenvalue weighted by molar-refractivity contribution is 5.99. The highest BCUT2D eigenvalue weighted by Gasteiger charge is 2.41. The van der Waals surface area contributed by atoms with Crippen molar-refractivity contribution in [1.29, 1.82) is 0 Å². The van der Waals surface area contributed by atoms with E-state index in [-0.39, 0.29) is 50.3 Å². The first kappa shape index (κ1) is 74.1. The molecule has 0 aliphatic carbocycles. The second-order valence-corrected chi connectivity index (χ2v) is 22.2. The van der Waals surface area contributed by atoms with Gasteiger partial charge in [0.1, 0.15) is 60.1 Å². The number of aliphatic carboxylic acids is 1. The second-order valence-electron chi connectivity index (χ2n) is 22.2. The van der Waals surface area contributed by atoms with Crippen LogP contribution in [0.5, 0.6) is 5.75 Å². The number of unbranched alkanes of at least 4 members (excludes halogenated alkanes) is 1. The van der Waals surface area contributed by atoms with Gasteiger partial charge in [-0.1, -0.05) is 66.5 Å². The van der Waals surface area contributed by atoms with Gasteiger partial charge in [0.05, 0.1) is 31.7 Å². The van der Waals surface area contributed by atoms with E-state index in [4.69, 9.17) is 22.9 Å². The van der Waals surface area contributed by atoms with Crippen molar-refractivity contribution in [3.63, 3.8) is 0 Å². The van der Waals surface area contributed by atoms with Crippen molar-refractivity contribution in [2.75, 3.05) is 26.2 Å². The van der Waals surface area contributed by atoms with Crippen LogP contribution in [-0.4, -0.2) is 195 Å². The van der Waals surface area contributed by atoms with Gasteiger partial charge in [-0.05, 0) is 87.4 Å². The van der Waals surface area contributed by atoms with E-state index in [1.165, 1.54) is 30.9 Å². The fraction of sp³-hybridized carbons (Fsp3) is 0.655. The van der Waals surface area contributed by atoms with E-state index in [2.05, 4.69) is 47.9 Å². The standard InChI is InChI=1S/C55H90N14O17/c1-8-29(6)44(55(85)86)67-50(80)38(26-70)65-53(83)45(30(7)71)68-49(79)35(22-27(2)3)61-42(75)25-60-47(77)36(24-41(59)74)63-52(82)43(28(4)5)66-48(78)34(18-19-40(58)73)62-51(81)39-13-11-21-69(39)54(84)37(23-31-14-16-32(72)17-15-31)64-46(76)33(57)12-9-10-20-56/h14-17,27-30,33-39,43-45,70-72H,8-13,18-26,56-57H2,1-7H3,(H2,58,73)(H2,59,74)(H,60,77)(H,61,75)(H,62,81)(H,63,82)(H,64,76)(H,65,83)(H,66,78)(H,67,80)(H,68,79)(H,85,86)/t29-,30+,33-,34-,35-,36-,37-,38-,39-,43-,44-,45-/m0/s1. The lowest BCUT2D eigenvalue weighted by atomic mass is 9.99. The first-order valence-corrected chi connectivity index (χ1v) is 28.7. The van der Waals surface area contributed by atoms with Crippen LogP contribution in [0, 0.1) is 17.8 Å². The number of aliphatic hydroxyl groups is 2. The molecule has 0 saturated carbocycles. The molecular formula is C55H90N14O17. The van der Waals surface area contributed by atoms with Crippen molar-refractivity contribution >= 4 is 76.9 Å². The predicted molar refractivity (Wildman–Crippen MR) is 308 cm³/mol. The number of hydrogen-bond donors (Lipinski definition) is 17. The van der Waals surface area contributed by atoms with E-state index >= 15 is 0 Å². The number of phenols is 1. The van der Waals surface area contributed by atoms with Crippen LogP contribution in [0.3, 0.4) is 0 Å². The molecule has 1 aliphatic heterocycles. The van der Waals surface area contributed by atoms with Gasteiger partial charge >= 0.3 is 5.97 Å². The number of nitrogens with one attached hydrogen (secondary N) is 9. The molecule has 0 bridgehead atoms. The maximum absolute atomic E-state index is 14.3. The van der Waals surface area contributed by atoms with E-state index < -0.39 is 181 Å². The van der Waals surface area contributed by atoms with E-state index in [0.717, 1.165) is 6.92 Å². The number of primary amides is 2. The maximum Gasteiger partial charge on any atom is 0.326 e. The van der Waals surface area contributed by atoms with Crippen molar-refractivity contribution in [3.8, 4) is 5.75 Å². The summed E-state index contributed by atoms with van der Waals surface area (Å²) in [5.74, 6) is -14.4. The molecule has 0 aromatic heterocycles. The second kappa shape index (κ2) is 36.7. The number of aromatic hydroxyl groups is 1. The van der Waals surface area contributed by atoms with Crippen LogP contribution >= 0.6 is 0 Å². The van der Waals surface area contributed by atoms with Gasteiger partial charge in [0.15, 0.2) is 0 Å². The smallest absolute Gasteiger partial charge is 0.326 e. The number of carbonyl (C=O) groups excluding carboxylic acids is 12. The van der Waals surface area contributed by atoms with Gasteiger partial charge in [0, 0.05) is 19.4 Å². The Morgan fingerprint density at radius 1 is 0.651 bits per heavy atom. The molecule has 1 aromatic rings. The molecular weight excluding hydrogens is 1130 g/mol. The Morgan fingerprint density at radius 3 is 1.77 bits per heavy atom. The van der Waals surface area contributed by atoms with E-state index in [0.29, 0.717) is 37.8 Å². The third-order valence-electron chi connectivity index (χ3n) is 14.2. The minimum atomic E-state index is -1.79. The maximum atomic E-state index is 14.3. The molecule has 21 N–H and O–H groups in total. The minimum absolute atomic E-state index is 0.0391. The lowest BCUT2D eigenvalue weighted by Crippen LogP contribution is -2.61. The molecule has 86 heavy (non-hydrogen) atoms. The lowest BCUT2D eigenvalue weighted by Gasteiger charge is -2.31. The number of benzene rings is 1. The molecule has 31 heteroatoms. The molecule has 1 aliphatic rings. The number of likely N-dealkylation sites (tertiary alicyclic amines) is 1. The van der Waals surface area contributed by atoms with Crippen LogP contribution in [-0.2, 0) is 68.7 Å². The molecule has 12 atom stereocenters. The van der Waals surface area contributed by atoms with Gasteiger partial charge in [0.25, 0.3) is 0 Å². The molecule has 1 fully saturated rings. The number of amides is 12. The summed E-state index contributed by atoms with van der Waals surface area (Å²) in [6, 6.07) is -8.61. The minimum Gasteiger partial charge on any atom is -0.508 e. The molecule has 1 heterocycles. The molecule has 0 spiro atoms. The molecule has 1 saturated heterocycles. The zero-order chi connectivity index (χ0) is 65.1. The summed E-state index contributed by atoms with van der Waals surface area (Å²) in [4.78, 5) is 174. The zero-order valence-electron chi connectivity index (χ0n) is 49.9. The number of carboxylic acids is 1. The highest BCUT2D eigenvalue weighted by Crippen LogP contribution is 2.22. The third-order valence-corrected chi connectivity index (χ3v) is 14.2. The average molecular weight is 1220 g/mol. The first-order chi connectivity index (χ1) is 40.3. The lowest BCUT2D eigenvalue weighted by molar-refractivity contribution is -0.144. The van der Waals surface area contributed by atoms with Crippen molar-refractivity contribution in [1.82, 2.24) is 52.8 Å².